The number of rotatable bonds is 3. The predicted octanol–water partition coefficient (Wildman–Crippen LogP) is 4.14. The molecule has 2 aliphatic rings. The van der Waals surface area contributed by atoms with Crippen LogP contribution in [0.4, 0.5) is 0 Å². The van der Waals surface area contributed by atoms with Crippen molar-refractivity contribution in [3.8, 4) is 5.69 Å². The molecule has 1 atom stereocenters. The topological polar surface area (TPSA) is 43.2 Å². The number of thioether (sulfide) groups is 1. The summed E-state index contributed by atoms with van der Waals surface area (Å²) >= 11 is 8.25. The molecule has 144 valence electrons. The van der Waals surface area contributed by atoms with E-state index in [1.807, 2.05) is 23.9 Å². The summed E-state index contributed by atoms with van der Waals surface area (Å²) in [5.74, 6) is 1.96. The normalized spacial score (nSPS) is 19.7. The van der Waals surface area contributed by atoms with Crippen LogP contribution in [0.3, 0.4) is 0 Å². The summed E-state index contributed by atoms with van der Waals surface area (Å²) in [6, 6.07) is 16.7. The lowest BCUT2D eigenvalue weighted by Crippen LogP contribution is -2.36. The van der Waals surface area contributed by atoms with E-state index in [1.165, 1.54) is 10.5 Å². The standard InChI is InChI=1S/C21H21ClN4OS/c22-16-6-7-18-17(12-16)26-20(13-19(28-18)15-4-2-1-3-5-15)23-24-21(26)14-25-8-10-27-11-9-25/h1-7,12,19H,8-11,13-14H2. The molecule has 5 rings (SSSR count). The quantitative estimate of drug-likeness (QED) is 0.646. The van der Waals surface area contributed by atoms with Crippen LogP contribution in [0.15, 0.2) is 53.4 Å². The lowest BCUT2D eigenvalue weighted by molar-refractivity contribution is 0.0328. The van der Waals surface area contributed by atoms with E-state index < -0.39 is 0 Å². The van der Waals surface area contributed by atoms with Crippen molar-refractivity contribution in [3.05, 3.63) is 70.8 Å². The molecule has 1 saturated heterocycles. The van der Waals surface area contributed by atoms with E-state index in [4.69, 9.17) is 16.3 Å². The van der Waals surface area contributed by atoms with Gasteiger partial charge in [-0.3, -0.25) is 9.47 Å². The van der Waals surface area contributed by atoms with Crippen molar-refractivity contribution >= 4 is 23.4 Å². The zero-order valence-electron chi connectivity index (χ0n) is 15.4. The number of halogens is 1. The average Bonchev–Trinajstić information content (AvgIpc) is 3.03. The fourth-order valence-corrected chi connectivity index (χ4v) is 5.22. The molecule has 3 aromatic rings. The van der Waals surface area contributed by atoms with Gasteiger partial charge >= 0.3 is 0 Å². The second-order valence-corrected chi connectivity index (χ2v) is 8.77. The Morgan fingerprint density at radius 1 is 1.07 bits per heavy atom. The summed E-state index contributed by atoms with van der Waals surface area (Å²) in [4.78, 5) is 3.58. The zero-order chi connectivity index (χ0) is 18.9. The van der Waals surface area contributed by atoms with Crippen LogP contribution in [0.5, 0.6) is 0 Å². The van der Waals surface area contributed by atoms with E-state index in [1.54, 1.807) is 0 Å². The molecule has 1 unspecified atom stereocenters. The van der Waals surface area contributed by atoms with Gasteiger partial charge in [0.2, 0.25) is 0 Å². The Hall–Kier alpha value is -1.86. The van der Waals surface area contributed by atoms with Crippen LogP contribution >= 0.6 is 23.4 Å². The van der Waals surface area contributed by atoms with Gasteiger partial charge in [0.25, 0.3) is 0 Å². The molecule has 0 saturated carbocycles. The molecule has 0 bridgehead atoms. The smallest absolute Gasteiger partial charge is 0.151 e. The second-order valence-electron chi connectivity index (χ2n) is 7.09. The van der Waals surface area contributed by atoms with Crippen LogP contribution in [-0.2, 0) is 17.7 Å². The van der Waals surface area contributed by atoms with Crippen LogP contribution in [0.2, 0.25) is 5.02 Å². The van der Waals surface area contributed by atoms with Crippen molar-refractivity contribution in [2.45, 2.75) is 23.1 Å². The summed E-state index contributed by atoms with van der Waals surface area (Å²) in [7, 11) is 0. The average molecular weight is 413 g/mol. The highest BCUT2D eigenvalue weighted by molar-refractivity contribution is 7.99. The van der Waals surface area contributed by atoms with Crippen LogP contribution in [0, 0.1) is 0 Å². The number of nitrogens with zero attached hydrogens (tertiary/aromatic N) is 4. The maximum atomic E-state index is 6.37. The minimum absolute atomic E-state index is 0.294. The molecule has 3 heterocycles. The maximum absolute atomic E-state index is 6.37. The van der Waals surface area contributed by atoms with Crippen LogP contribution in [0.25, 0.3) is 5.69 Å². The van der Waals surface area contributed by atoms with Crippen molar-refractivity contribution in [1.29, 1.82) is 0 Å². The van der Waals surface area contributed by atoms with Gasteiger partial charge in [0.05, 0.1) is 25.4 Å². The van der Waals surface area contributed by atoms with Crippen molar-refractivity contribution < 1.29 is 4.74 Å². The molecule has 0 radical (unpaired) electrons. The molecular weight excluding hydrogens is 392 g/mol. The largest absolute Gasteiger partial charge is 0.379 e. The van der Waals surface area contributed by atoms with E-state index in [0.29, 0.717) is 5.25 Å². The molecule has 0 aliphatic carbocycles. The number of morpholine rings is 1. The first kappa shape index (κ1) is 18.2. The van der Waals surface area contributed by atoms with Gasteiger partial charge in [0.1, 0.15) is 5.82 Å². The third-order valence-corrected chi connectivity index (χ3v) is 6.79. The fourth-order valence-electron chi connectivity index (χ4n) is 3.80. The molecule has 28 heavy (non-hydrogen) atoms. The second kappa shape index (κ2) is 7.87. The zero-order valence-corrected chi connectivity index (χ0v) is 17.0. The van der Waals surface area contributed by atoms with Gasteiger partial charge in [0.15, 0.2) is 5.82 Å². The molecule has 0 amide bonds. The van der Waals surface area contributed by atoms with E-state index in [0.717, 1.165) is 61.6 Å². The minimum atomic E-state index is 0.294. The van der Waals surface area contributed by atoms with Crippen molar-refractivity contribution in [2.24, 2.45) is 0 Å². The van der Waals surface area contributed by atoms with Crippen molar-refractivity contribution in [2.75, 3.05) is 26.3 Å². The Morgan fingerprint density at radius 3 is 2.71 bits per heavy atom. The molecule has 2 aromatic carbocycles. The molecule has 1 aromatic heterocycles. The van der Waals surface area contributed by atoms with Gasteiger partial charge in [-0.15, -0.1) is 22.0 Å². The van der Waals surface area contributed by atoms with Crippen LogP contribution in [-0.4, -0.2) is 46.0 Å². The highest BCUT2D eigenvalue weighted by atomic mass is 35.5. The summed E-state index contributed by atoms with van der Waals surface area (Å²) in [6.45, 7) is 4.16. The molecule has 2 aliphatic heterocycles. The van der Waals surface area contributed by atoms with E-state index >= 15 is 0 Å². The van der Waals surface area contributed by atoms with Gasteiger partial charge in [-0.1, -0.05) is 41.9 Å². The minimum Gasteiger partial charge on any atom is -0.379 e. The molecule has 1 fully saturated rings. The van der Waals surface area contributed by atoms with Crippen molar-refractivity contribution in [3.63, 3.8) is 0 Å². The van der Waals surface area contributed by atoms with Crippen LogP contribution < -0.4 is 0 Å². The van der Waals surface area contributed by atoms with Gasteiger partial charge in [-0.25, -0.2) is 0 Å². The van der Waals surface area contributed by atoms with Crippen molar-refractivity contribution in [1.82, 2.24) is 19.7 Å². The number of ether oxygens (including phenoxy) is 1. The fraction of sp³-hybridized carbons (Fsp3) is 0.333. The number of hydrogen-bond acceptors (Lipinski definition) is 5. The summed E-state index contributed by atoms with van der Waals surface area (Å²) < 4.78 is 7.70. The highest BCUT2D eigenvalue weighted by Crippen LogP contribution is 2.44. The predicted molar refractivity (Wildman–Crippen MR) is 111 cm³/mol. The lowest BCUT2D eigenvalue weighted by Gasteiger charge is -2.26. The lowest BCUT2D eigenvalue weighted by atomic mass is 10.1. The maximum Gasteiger partial charge on any atom is 0.151 e. The van der Waals surface area contributed by atoms with E-state index in [-0.39, 0.29) is 0 Å². The number of benzene rings is 2. The number of fused-ring (bicyclic) bond motifs is 3. The molecule has 0 N–H and O–H groups in total. The summed E-state index contributed by atoms with van der Waals surface area (Å²) in [6.07, 6.45) is 0.830. The first-order valence-electron chi connectivity index (χ1n) is 9.53. The number of hydrogen-bond donors (Lipinski definition) is 0. The van der Waals surface area contributed by atoms with E-state index in [2.05, 4.69) is 56.1 Å². The summed E-state index contributed by atoms with van der Waals surface area (Å²) in [5.41, 5.74) is 2.39. The third-order valence-electron chi connectivity index (χ3n) is 5.24. The Balaban J connectivity index is 1.57. The molecular formula is C21H21ClN4OS. The van der Waals surface area contributed by atoms with Gasteiger partial charge < -0.3 is 4.74 Å². The van der Waals surface area contributed by atoms with Crippen LogP contribution in [0.1, 0.15) is 22.5 Å². The first-order valence-corrected chi connectivity index (χ1v) is 10.8. The highest BCUT2D eigenvalue weighted by Gasteiger charge is 2.27. The summed E-state index contributed by atoms with van der Waals surface area (Å²) in [5, 5.41) is 10.2. The molecule has 7 heteroatoms. The van der Waals surface area contributed by atoms with E-state index in [9.17, 15) is 0 Å². The third kappa shape index (κ3) is 3.57. The monoisotopic (exact) mass is 412 g/mol. The van der Waals surface area contributed by atoms with Gasteiger partial charge in [-0.05, 0) is 23.8 Å². The Morgan fingerprint density at radius 2 is 1.89 bits per heavy atom. The SMILES string of the molecule is Clc1ccc2c(c1)-n1c(nnc1CN1CCOCC1)CC(c1ccccc1)S2. The Kier molecular flexibility index (Phi) is 5.11. The Labute approximate surface area is 173 Å². The Bertz CT molecular complexity index is 972. The first-order chi connectivity index (χ1) is 13.8. The van der Waals surface area contributed by atoms with Gasteiger partial charge in [0, 0.05) is 34.7 Å². The number of aromatic nitrogens is 3. The molecule has 5 nitrogen and oxygen atoms in total. The van der Waals surface area contributed by atoms with Gasteiger partial charge in [-0.2, -0.15) is 0 Å². The molecule has 0 spiro atoms.